The molecule has 1 amide bonds. The molecular weight excluding hydrogens is 392 g/mol. The minimum absolute atomic E-state index is 0.0302. The van der Waals surface area contributed by atoms with Crippen molar-refractivity contribution in [2.45, 2.75) is 66.1 Å². The zero-order chi connectivity index (χ0) is 23.1. The van der Waals surface area contributed by atoms with E-state index in [0.29, 0.717) is 0 Å². The SMILES string of the molecule is CC(C)(C)OC(=O)NCCCC(=O)OC(C(=O)C(C)(C)C)c1ccccc1[N+](=O)[O-]. The molecule has 0 aliphatic rings. The van der Waals surface area contributed by atoms with Crippen LogP contribution in [0, 0.1) is 15.5 Å². The van der Waals surface area contributed by atoms with Gasteiger partial charge in [-0.05, 0) is 33.3 Å². The second-order valence-corrected chi connectivity index (χ2v) is 8.83. The average Bonchev–Trinajstić information content (AvgIpc) is 2.60. The van der Waals surface area contributed by atoms with Crippen molar-refractivity contribution in [2.24, 2.45) is 5.41 Å². The first-order valence-corrected chi connectivity index (χ1v) is 9.66. The summed E-state index contributed by atoms with van der Waals surface area (Å²) in [5, 5.41) is 13.9. The summed E-state index contributed by atoms with van der Waals surface area (Å²) < 4.78 is 10.5. The van der Waals surface area contributed by atoms with Gasteiger partial charge in [-0.2, -0.15) is 0 Å². The number of nitrogens with zero attached hydrogens (tertiary/aromatic N) is 1. The van der Waals surface area contributed by atoms with Gasteiger partial charge in [0.05, 0.1) is 10.5 Å². The molecule has 1 N–H and O–H groups in total. The monoisotopic (exact) mass is 422 g/mol. The molecule has 0 bridgehead atoms. The number of esters is 1. The van der Waals surface area contributed by atoms with Crippen LogP contribution in [0.4, 0.5) is 10.5 Å². The number of para-hydroxylation sites is 1. The number of benzene rings is 1. The molecule has 0 aliphatic heterocycles. The lowest BCUT2D eigenvalue weighted by molar-refractivity contribution is -0.386. The summed E-state index contributed by atoms with van der Waals surface area (Å²) >= 11 is 0. The number of ketones is 1. The van der Waals surface area contributed by atoms with Crippen LogP contribution >= 0.6 is 0 Å². The van der Waals surface area contributed by atoms with Crippen LogP contribution in [0.1, 0.15) is 66.1 Å². The molecule has 0 saturated carbocycles. The van der Waals surface area contributed by atoms with Crippen LogP contribution in [0.25, 0.3) is 0 Å². The summed E-state index contributed by atoms with van der Waals surface area (Å²) in [5.74, 6) is -1.14. The van der Waals surface area contributed by atoms with Crippen LogP contribution < -0.4 is 5.32 Å². The van der Waals surface area contributed by atoms with Gasteiger partial charge < -0.3 is 14.8 Å². The number of nitro groups is 1. The highest BCUT2D eigenvalue weighted by molar-refractivity contribution is 5.91. The Morgan fingerprint density at radius 2 is 1.70 bits per heavy atom. The number of hydrogen-bond donors (Lipinski definition) is 1. The summed E-state index contributed by atoms with van der Waals surface area (Å²) in [6.45, 7) is 10.3. The van der Waals surface area contributed by atoms with Gasteiger partial charge in [0.25, 0.3) is 5.69 Å². The molecule has 1 rings (SSSR count). The van der Waals surface area contributed by atoms with Gasteiger partial charge in [-0.3, -0.25) is 19.7 Å². The maximum absolute atomic E-state index is 12.9. The normalized spacial score (nSPS) is 12.6. The van der Waals surface area contributed by atoms with Crippen molar-refractivity contribution in [2.75, 3.05) is 6.54 Å². The minimum Gasteiger partial charge on any atom is -0.449 e. The van der Waals surface area contributed by atoms with Gasteiger partial charge in [-0.15, -0.1) is 0 Å². The predicted octanol–water partition coefficient (Wildman–Crippen LogP) is 4.10. The van der Waals surface area contributed by atoms with Crippen molar-refractivity contribution in [1.29, 1.82) is 0 Å². The quantitative estimate of drug-likeness (QED) is 0.289. The van der Waals surface area contributed by atoms with Crippen molar-refractivity contribution in [3.8, 4) is 0 Å². The number of nitro benzene ring substituents is 1. The molecule has 9 nitrogen and oxygen atoms in total. The number of hydrogen-bond acceptors (Lipinski definition) is 7. The first-order chi connectivity index (χ1) is 13.7. The summed E-state index contributed by atoms with van der Waals surface area (Å²) in [4.78, 5) is 47.5. The van der Waals surface area contributed by atoms with E-state index in [1.165, 1.54) is 18.2 Å². The molecule has 1 unspecified atom stereocenters. The maximum Gasteiger partial charge on any atom is 0.407 e. The van der Waals surface area contributed by atoms with E-state index < -0.39 is 39.9 Å². The van der Waals surface area contributed by atoms with E-state index in [-0.39, 0.29) is 30.6 Å². The van der Waals surface area contributed by atoms with Gasteiger partial charge in [0, 0.05) is 24.4 Å². The molecule has 1 atom stereocenters. The summed E-state index contributed by atoms with van der Waals surface area (Å²) in [6.07, 6.45) is -1.81. The lowest BCUT2D eigenvalue weighted by Crippen LogP contribution is -2.33. The third-order valence-electron chi connectivity index (χ3n) is 3.87. The van der Waals surface area contributed by atoms with Gasteiger partial charge in [-0.1, -0.05) is 32.9 Å². The second-order valence-electron chi connectivity index (χ2n) is 8.83. The highest BCUT2D eigenvalue weighted by atomic mass is 16.6. The molecule has 0 radical (unpaired) electrons. The van der Waals surface area contributed by atoms with Crippen LogP contribution in [-0.2, 0) is 19.1 Å². The number of Topliss-reactive ketones (excluding diaryl/α,β-unsaturated/α-hetero) is 1. The van der Waals surface area contributed by atoms with Gasteiger partial charge >= 0.3 is 12.1 Å². The topological polar surface area (TPSA) is 125 Å². The Bertz CT molecular complexity index is 791. The summed E-state index contributed by atoms with van der Waals surface area (Å²) in [6, 6.07) is 5.69. The van der Waals surface area contributed by atoms with Gasteiger partial charge in [-0.25, -0.2) is 4.79 Å². The van der Waals surface area contributed by atoms with Crippen molar-refractivity contribution >= 4 is 23.5 Å². The van der Waals surface area contributed by atoms with Gasteiger partial charge in [0.2, 0.25) is 0 Å². The standard InChI is InChI=1S/C21H30N2O7/c1-20(2,3)18(25)17(14-10-7-8-11-15(14)23(27)28)29-16(24)12-9-13-22-19(26)30-21(4,5)6/h7-8,10-11,17H,9,12-13H2,1-6H3,(H,22,26). The van der Waals surface area contributed by atoms with Crippen molar-refractivity contribution < 1.29 is 28.8 Å². The number of ether oxygens (including phenoxy) is 2. The second kappa shape index (κ2) is 10.2. The van der Waals surface area contributed by atoms with Crippen LogP contribution in [0.5, 0.6) is 0 Å². The Hall–Kier alpha value is -2.97. The number of carbonyl (C=O) groups is 3. The van der Waals surface area contributed by atoms with E-state index in [4.69, 9.17) is 9.47 Å². The molecule has 0 fully saturated rings. The fourth-order valence-corrected chi connectivity index (χ4v) is 2.45. The molecule has 1 aromatic rings. The molecule has 0 aliphatic carbocycles. The minimum atomic E-state index is -1.39. The predicted molar refractivity (Wildman–Crippen MR) is 110 cm³/mol. The molecule has 0 aromatic heterocycles. The zero-order valence-corrected chi connectivity index (χ0v) is 18.3. The molecule has 166 valence electrons. The van der Waals surface area contributed by atoms with Gasteiger partial charge in [0.15, 0.2) is 11.9 Å². The van der Waals surface area contributed by atoms with Crippen molar-refractivity contribution in [1.82, 2.24) is 5.32 Å². The zero-order valence-electron chi connectivity index (χ0n) is 18.3. The van der Waals surface area contributed by atoms with E-state index in [1.807, 2.05) is 0 Å². The Morgan fingerprint density at radius 3 is 2.23 bits per heavy atom. The van der Waals surface area contributed by atoms with Crippen LogP contribution in [0.2, 0.25) is 0 Å². The summed E-state index contributed by atoms with van der Waals surface area (Å²) in [5.41, 5.74) is -1.77. The Morgan fingerprint density at radius 1 is 1.10 bits per heavy atom. The molecule has 30 heavy (non-hydrogen) atoms. The maximum atomic E-state index is 12.9. The van der Waals surface area contributed by atoms with Crippen LogP contribution in [-0.4, -0.2) is 34.9 Å². The molecule has 9 heteroatoms. The number of carbonyl (C=O) groups excluding carboxylic acids is 3. The lowest BCUT2D eigenvalue weighted by Gasteiger charge is -2.24. The lowest BCUT2D eigenvalue weighted by atomic mass is 9.84. The third-order valence-corrected chi connectivity index (χ3v) is 3.87. The Balaban J connectivity index is 2.82. The van der Waals surface area contributed by atoms with E-state index in [1.54, 1.807) is 47.6 Å². The summed E-state index contributed by atoms with van der Waals surface area (Å²) in [7, 11) is 0. The molecular formula is C21H30N2O7. The number of amides is 1. The van der Waals surface area contributed by atoms with Crippen LogP contribution in [0.15, 0.2) is 24.3 Å². The van der Waals surface area contributed by atoms with E-state index in [2.05, 4.69) is 5.32 Å². The van der Waals surface area contributed by atoms with Crippen molar-refractivity contribution in [3.63, 3.8) is 0 Å². The number of alkyl carbamates (subject to hydrolysis) is 1. The van der Waals surface area contributed by atoms with E-state index in [9.17, 15) is 24.5 Å². The fourth-order valence-electron chi connectivity index (χ4n) is 2.45. The van der Waals surface area contributed by atoms with Crippen molar-refractivity contribution in [3.05, 3.63) is 39.9 Å². The first kappa shape index (κ1) is 25.1. The highest BCUT2D eigenvalue weighted by Crippen LogP contribution is 2.34. The van der Waals surface area contributed by atoms with Crippen LogP contribution in [0.3, 0.4) is 0 Å². The Kier molecular flexibility index (Phi) is 8.50. The Labute approximate surface area is 176 Å². The van der Waals surface area contributed by atoms with E-state index in [0.717, 1.165) is 0 Å². The number of rotatable bonds is 8. The molecule has 1 aromatic carbocycles. The molecule has 0 spiro atoms. The third kappa shape index (κ3) is 8.18. The first-order valence-electron chi connectivity index (χ1n) is 9.66. The van der Waals surface area contributed by atoms with Gasteiger partial charge in [0.1, 0.15) is 5.60 Å². The molecule has 0 saturated heterocycles. The largest absolute Gasteiger partial charge is 0.449 e. The average molecular weight is 422 g/mol. The highest BCUT2D eigenvalue weighted by Gasteiger charge is 2.37. The smallest absolute Gasteiger partial charge is 0.407 e. The number of nitrogens with one attached hydrogen (secondary N) is 1. The van der Waals surface area contributed by atoms with E-state index >= 15 is 0 Å². The fraction of sp³-hybridized carbons (Fsp3) is 0.571. The molecule has 0 heterocycles.